The predicted octanol–water partition coefficient (Wildman–Crippen LogP) is 4.12. The number of nitrogens with zero attached hydrogens (tertiary/aromatic N) is 3. The number of fused-ring (bicyclic) bond motifs is 1. The van der Waals surface area contributed by atoms with Crippen molar-refractivity contribution < 1.29 is 13.5 Å². The minimum Gasteiger partial charge on any atom is -0.497 e. The van der Waals surface area contributed by atoms with Gasteiger partial charge in [-0.05, 0) is 36.4 Å². The van der Waals surface area contributed by atoms with Crippen LogP contribution in [0.1, 0.15) is 12.2 Å². The molecule has 3 heterocycles. The Bertz CT molecular complexity index is 873. The lowest BCUT2D eigenvalue weighted by Gasteiger charge is -2.08. The number of imidazole rings is 1. The molecule has 0 saturated heterocycles. The maximum Gasteiger partial charge on any atom is 0.306 e. The van der Waals surface area contributed by atoms with Gasteiger partial charge in [-0.2, -0.15) is 8.78 Å². The zero-order valence-corrected chi connectivity index (χ0v) is 13.0. The third-order valence-electron chi connectivity index (χ3n) is 4.26. The highest BCUT2D eigenvalue weighted by Crippen LogP contribution is 2.44. The summed E-state index contributed by atoms with van der Waals surface area (Å²) >= 11 is 0. The number of aromatic nitrogens is 3. The van der Waals surface area contributed by atoms with Crippen molar-refractivity contribution in [1.82, 2.24) is 14.5 Å². The topological polar surface area (TPSA) is 39.9 Å². The highest BCUT2D eigenvalue weighted by atomic mass is 19.3. The molecule has 1 aliphatic heterocycles. The highest BCUT2D eigenvalue weighted by molar-refractivity contribution is 5.79. The van der Waals surface area contributed by atoms with Crippen LogP contribution >= 0.6 is 0 Å². The third-order valence-corrected chi connectivity index (χ3v) is 4.26. The van der Waals surface area contributed by atoms with Crippen LogP contribution in [0.25, 0.3) is 22.5 Å². The van der Waals surface area contributed by atoms with Gasteiger partial charge in [0.2, 0.25) is 0 Å². The molecular formula is C18H15F2N3O. The average Bonchev–Trinajstić information content (AvgIpc) is 3.14. The van der Waals surface area contributed by atoms with E-state index in [1.165, 1.54) is 0 Å². The molecule has 122 valence electrons. The Labute approximate surface area is 137 Å². The normalized spacial score (nSPS) is 15.3. The Balaban J connectivity index is 1.93. The molecule has 4 nitrogen and oxygen atoms in total. The summed E-state index contributed by atoms with van der Waals surface area (Å²) in [5.41, 5.74) is 2.86. The lowest BCUT2D eigenvalue weighted by Crippen LogP contribution is -2.09. The van der Waals surface area contributed by atoms with Crippen LogP contribution in [0.4, 0.5) is 8.78 Å². The Hall–Kier alpha value is -2.76. The van der Waals surface area contributed by atoms with Gasteiger partial charge in [0.05, 0.1) is 18.5 Å². The maximum atomic E-state index is 14.2. The van der Waals surface area contributed by atoms with Crippen LogP contribution in [0.5, 0.6) is 5.75 Å². The molecule has 6 heteroatoms. The molecule has 0 fully saturated rings. The minimum absolute atomic E-state index is 0.167. The third kappa shape index (κ3) is 2.26. The van der Waals surface area contributed by atoms with E-state index in [1.54, 1.807) is 36.2 Å². The predicted molar refractivity (Wildman–Crippen MR) is 86.0 cm³/mol. The van der Waals surface area contributed by atoms with Crippen molar-refractivity contribution in [2.75, 3.05) is 7.11 Å². The fourth-order valence-electron chi connectivity index (χ4n) is 3.07. The number of methoxy groups -OCH3 is 1. The summed E-state index contributed by atoms with van der Waals surface area (Å²) in [6.45, 7) is 0.253. The van der Waals surface area contributed by atoms with Gasteiger partial charge in [-0.3, -0.25) is 4.98 Å². The van der Waals surface area contributed by atoms with Gasteiger partial charge in [-0.1, -0.05) is 0 Å². The van der Waals surface area contributed by atoms with Crippen molar-refractivity contribution in [3.8, 4) is 28.3 Å². The van der Waals surface area contributed by atoms with Gasteiger partial charge < -0.3 is 9.30 Å². The van der Waals surface area contributed by atoms with E-state index < -0.39 is 5.92 Å². The zero-order valence-electron chi connectivity index (χ0n) is 13.0. The van der Waals surface area contributed by atoms with Crippen LogP contribution in [0.2, 0.25) is 0 Å². The van der Waals surface area contributed by atoms with Crippen molar-refractivity contribution in [2.45, 2.75) is 18.9 Å². The quantitative estimate of drug-likeness (QED) is 0.726. The van der Waals surface area contributed by atoms with Crippen molar-refractivity contribution in [3.05, 3.63) is 54.6 Å². The van der Waals surface area contributed by atoms with Crippen molar-refractivity contribution in [2.24, 2.45) is 0 Å². The summed E-state index contributed by atoms with van der Waals surface area (Å²) < 4.78 is 35.1. The van der Waals surface area contributed by atoms with E-state index in [4.69, 9.17) is 4.74 Å². The van der Waals surface area contributed by atoms with Crippen LogP contribution in [0.3, 0.4) is 0 Å². The molecular weight excluding hydrogens is 312 g/mol. The summed E-state index contributed by atoms with van der Waals surface area (Å²) in [7, 11) is 1.59. The van der Waals surface area contributed by atoms with Gasteiger partial charge in [-0.15, -0.1) is 0 Å². The van der Waals surface area contributed by atoms with Crippen LogP contribution in [0.15, 0.2) is 48.8 Å². The van der Waals surface area contributed by atoms with Gasteiger partial charge in [-0.25, -0.2) is 4.98 Å². The second-order valence-electron chi connectivity index (χ2n) is 5.70. The summed E-state index contributed by atoms with van der Waals surface area (Å²) in [5.74, 6) is -2.35. The molecule has 0 aliphatic carbocycles. The van der Waals surface area contributed by atoms with E-state index in [9.17, 15) is 8.78 Å². The summed E-state index contributed by atoms with van der Waals surface area (Å²) in [4.78, 5) is 8.31. The van der Waals surface area contributed by atoms with Gasteiger partial charge >= 0.3 is 5.92 Å². The van der Waals surface area contributed by atoms with Gasteiger partial charge in [0.15, 0.2) is 5.82 Å². The molecule has 0 bridgehead atoms. The number of rotatable bonds is 3. The number of ether oxygens (including phenoxy) is 1. The lowest BCUT2D eigenvalue weighted by atomic mass is 10.1. The molecule has 0 radical (unpaired) electrons. The number of alkyl halides is 2. The fraction of sp³-hybridized carbons (Fsp3) is 0.222. The van der Waals surface area contributed by atoms with Crippen molar-refractivity contribution in [3.63, 3.8) is 0 Å². The van der Waals surface area contributed by atoms with E-state index in [0.717, 1.165) is 11.1 Å². The molecule has 2 aromatic heterocycles. The van der Waals surface area contributed by atoms with Gasteiger partial charge in [0, 0.05) is 36.5 Å². The van der Waals surface area contributed by atoms with Crippen molar-refractivity contribution >= 4 is 0 Å². The van der Waals surface area contributed by atoms with Gasteiger partial charge in [0.1, 0.15) is 5.75 Å². The molecule has 4 rings (SSSR count). The SMILES string of the molecule is COc1ccc(-c2nc3n(c2-c2ccncc2)CCC3(F)F)cc1. The first-order chi connectivity index (χ1) is 11.6. The zero-order chi connectivity index (χ0) is 16.7. The van der Waals surface area contributed by atoms with Gasteiger partial charge in [0.25, 0.3) is 0 Å². The van der Waals surface area contributed by atoms with E-state index in [-0.39, 0.29) is 18.8 Å². The summed E-state index contributed by atoms with van der Waals surface area (Å²) in [5, 5.41) is 0. The first-order valence-electron chi connectivity index (χ1n) is 7.64. The highest BCUT2D eigenvalue weighted by Gasteiger charge is 2.44. The summed E-state index contributed by atoms with van der Waals surface area (Å²) in [6, 6.07) is 10.9. The number of halogens is 2. The second-order valence-corrected chi connectivity index (χ2v) is 5.70. The lowest BCUT2D eigenvalue weighted by molar-refractivity contribution is -0.00616. The van der Waals surface area contributed by atoms with E-state index in [1.807, 2.05) is 24.3 Å². The van der Waals surface area contributed by atoms with Crippen LogP contribution in [-0.2, 0) is 12.5 Å². The maximum absolute atomic E-state index is 14.2. The molecule has 1 aromatic carbocycles. The standard InChI is InChI=1S/C18H15F2N3O/c1-24-14-4-2-12(3-5-14)15-16(13-6-9-21-10-7-13)23-11-8-18(19,20)17(23)22-15/h2-7,9-10H,8,11H2,1H3. The molecule has 0 atom stereocenters. The van der Waals surface area contributed by atoms with E-state index in [2.05, 4.69) is 9.97 Å². The first kappa shape index (κ1) is 14.8. The number of benzene rings is 1. The first-order valence-corrected chi connectivity index (χ1v) is 7.64. The molecule has 0 amide bonds. The van der Waals surface area contributed by atoms with Crippen LogP contribution in [-0.4, -0.2) is 21.6 Å². The van der Waals surface area contributed by atoms with Crippen molar-refractivity contribution in [1.29, 1.82) is 0 Å². The van der Waals surface area contributed by atoms with E-state index >= 15 is 0 Å². The van der Waals surface area contributed by atoms with E-state index in [0.29, 0.717) is 17.1 Å². The number of hydrogen-bond acceptors (Lipinski definition) is 3. The molecule has 0 unspecified atom stereocenters. The molecule has 24 heavy (non-hydrogen) atoms. The average molecular weight is 327 g/mol. The summed E-state index contributed by atoms with van der Waals surface area (Å²) in [6.07, 6.45) is 3.09. The Morgan fingerprint density at radius 3 is 2.42 bits per heavy atom. The number of hydrogen-bond donors (Lipinski definition) is 0. The van der Waals surface area contributed by atoms with Crippen LogP contribution < -0.4 is 4.74 Å². The van der Waals surface area contributed by atoms with Crippen LogP contribution in [0, 0.1) is 0 Å². The molecule has 0 spiro atoms. The molecule has 0 saturated carbocycles. The molecule has 1 aliphatic rings. The Kier molecular flexibility index (Phi) is 3.33. The fourth-order valence-corrected chi connectivity index (χ4v) is 3.07. The molecule has 0 N–H and O–H groups in total. The Morgan fingerprint density at radius 1 is 1.04 bits per heavy atom. The smallest absolute Gasteiger partial charge is 0.306 e. The Morgan fingerprint density at radius 2 is 1.75 bits per heavy atom. The largest absolute Gasteiger partial charge is 0.497 e. The second kappa shape index (κ2) is 5.40. The molecule has 3 aromatic rings. The minimum atomic E-state index is -2.90. The monoisotopic (exact) mass is 327 g/mol. The number of pyridine rings is 1.